The van der Waals surface area contributed by atoms with Crippen molar-refractivity contribution < 1.29 is 13.7 Å². The van der Waals surface area contributed by atoms with Crippen molar-refractivity contribution in [3.8, 4) is 5.75 Å². The largest absolute Gasteiger partial charge is 0.492 e. The first kappa shape index (κ1) is 17.0. The van der Waals surface area contributed by atoms with Crippen LogP contribution in [0.3, 0.4) is 0 Å². The Kier molecular flexibility index (Phi) is 6.86. The second-order valence-electron chi connectivity index (χ2n) is 5.26. The Labute approximate surface area is 134 Å². The van der Waals surface area contributed by atoms with Crippen molar-refractivity contribution in [1.82, 2.24) is 9.80 Å². The molecule has 1 atom stereocenters. The summed E-state index contributed by atoms with van der Waals surface area (Å²) in [5.41, 5.74) is 0. The number of amides is 1. The maximum atomic E-state index is 12.0. The second-order valence-corrected chi connectivity index (χ2v) is 7.00. The molecule has 0 unspecified atom stereocenters. The summed E-state index contributed by atoms with van der Waals surface area (Å²) in [6, 6.07) is 9.78. The number of hydrogen-bond acceptors (Lipinski definition) is 4. The Morgan fingerprint density at radius 3 is 2.50 bits per heavy atom. The summed E-state index contributed by atoms with van der Waals surface area (Å²) >= 11 is 0. The summed E-state index contributed by atoms with van der Waals surface area (Å²) in [5.74, 6) is 1.61. The van der Waals surface area contributed by atoms with Crippen molar-refractivity contribution in [3.05, 3.63) is 30.3 Å². The summed E-state index contributed by atoms with van der Waals surface area (Å²) in [5, 5.41) is 0. The van der Waals surface area contributed by atoms with Gasteiger partial charge in [-0.05, 0) is 12.1 Å². The highest BCUT2D eigenvalue weighted by Crippen LogP contribution is 2.08. The molecule has 0 radical (unpaired) electrons. The van der Waals surface area contributed by atoms with Gasteiger partial charge in [0.2, 0.25) is 5.91 Å². The monoisotopic (exact) mass is 324 g/mol. The summed E-state index contributed by atoms with van der Waals surface area (Å²) < 4.78 is 17.1. The number of hydrogen-bond donors (Lipinski definition) is 0. The Morgan fingerprint density at radius 2 is 1.86 bits per heavy atom. The first-order valence-electron chi connectivity index (χ1n) is 7.72. The summed E-state index contributed by atoms with van der Waals surface area (Å²) in [4.78, 5) is 16.1. The predicted octanol–water partition coefficient (Wildman–Crippen LogP) is 0.978. The smallest absolute Gasteiger partial charge is 0.235 e. The molecule has 1 aliphatic heterocycles. The lowest BCUT2D eigenvalue weighted by Gasteiger charge is -2.34. The van der Waals surface area contributed by atoms with Crippen LogP contribution in [0.1, 0.15) is 6.92 Å². The molecular formula is C16H24N2O3S. The fourth-order valence-corrected chi connectivity index (χ4v) is 3.02. The van der Waals surface area contributed by atoms with Gasteiger partial charge in [-0.2, -0.15) is 0 Å². The van der Waals surface area contributed by atoms with Gasteiger partial charge in [0, 0.05) is 49.3 Å². The van der Waals surface area contributed by atoms with Gasteiger partial charge in [-0.1, -0.05) is 25.1 Å². The maximum Gasteiger partial charge on any atom is 0.235 e. The lowest BCUT2D eigenvalue weighted by Crippen LogP contribution is -2.50. The minimum absolute atomic E-state index is 0.0142. The number of rotatable bonds is 7. The maximum absolute atomic E-state index is 12.0. The molecule has 2 rings (SSSR count). The molecule has 1 aliphatic rings. The number of benzene rings is 1. The topological polar surface area (TPSA) is 49.9 Å². The van der Waals surface area contributed by atoms with Crippen LogP contribution in [-0.2, 0) is 15.6 Å². The molecule has 1 saturated heterocycles. The van der Waals surface area contributed by atoms with E-state index in [0.717, 1.165) is 25.4 Å². The Hall–Kier alpha value is -1.40. The Balaban J connectivity index is 1.64. The molecule has 0 N–H and O–H groups in total. The van der Waals surface area contributed by atoms with E-state index < -0.39 is 10.8 Å². The zero-order valence-corrected chi connectivity index (χ0v) is 13.9. The second kappa shape index (κ2) is 8.90. The molecule has 1 aromatic rings. The third kappa shape index (κ3) is 5.42. The van der Waals surface area contributed by atoms with Crippen LogP contribution < -0.4 is 4.74 Å². The van der Waals surface area contributed by atoms with Gasteiger partial charge in [-0.3, -0.25) is 13.9 Å². The Bertz CT molecular complexity index is 487. The average molecular weight is 324 g/mol. The van der Waals surface area contributed by atoms with Crippen molar-refractivity contribution in [1.29, 1.82) is 0 Å². The van der Waals surface area contributed by atoms with Crippen LogP contribution in [0.2, 0.25) is 0 Å². The first-order valence-corrected chi connectivity index (χ1v) is 9.21. The minimum Gasteiger partial charge on any atom is -0.492 e. The quantitative estimate of drug-likeness (QED) is 0.750. The van der Waals surface area contributed by atoms with Crippen LogP contribution in [-0.4, -0.2) is 70.8 Å². The van der Waals surface area contributed by atoms with Crippen LogP contribution in [0, 0.1) is 0 Å². The Morgan fingerprint density at radius 1 is 1.18 bits per heavy atom. The highest BCUT2D eigenvalue weighted by atomic mass is 32.2. The number of carbonyl (C=O) groups excluding carboxylic acids is 1. The lowest BCUT2D eigenvalue weighted by molar-refractivity contribution is -0.130. The molecule has 1 aromatic carbocycles. The SMILES string of the molecule is CC[S@](=O)CC(=O)N1CCN(CCOc2ccccc2)CC1. The fraction of sp³-hybridized carbons (Fsp3) is 0.562. The molecule has 0 bridgehead atoms. The summed E-state index contributed by atoms with van der Waals surface area (Å²) in [6.07, 6.45) is 0. The zero-order chi connectivity index (χ0) is 15.8. The number of carbonyl (C=O) groups is 1. The van der Waals surface area contributed by atoms with Crippen LogP contribution in [0.25, 0.3) is 0 Å². The van der Waals surface area contributed by atoms with Gasteiger partial charge >= 0.3 is 0 Å². The molecule has 1 heterocycles. The third-order valence-electron chi connectivity index (χ3n) is 3.75. The van der Waals surface area contributed by atoms with E-state index in [1.165, 1.54) is 0 Å². The van der Waals surface area contributed by atoms with E-state index in [2.05, 4.69) is 4.90 Å². The number of para-hydroxylation sites is 1. The van der Waals surface area contributed by atoms with Gasteiger partial charge in [0.05, 0.1) is 0 Å². The molecule has 6 heteroatoms. The van der Waals surface area contributed by atoms with Crippen LogP contribution in [0.15, 0.2) is 30.3 Å². The summed E-state index contributed by atoms with van der Waals surface area (Å²) in [7, 11) is -1.02. The van der Waals surface area contributed by atoms with Crippen LogP contribution >= 0.6 is 0 Å². The molecule has 0 aliphatic carbocycles. The molecule has 22 heavy (non-hydrogen) atoms. The normalized spacial score (nSPS) is 17.2. The van der Waals surface area contributed by atoms with E-state index in [1.807, 2.05) is 42.2 Å². The van der Waals surface area contributed by atoms with E-state index in [0.29, 0.717) is 25.4 Å². The van der Waals surface area contributed by atoms with Crippen molar-refractivity contribution in [3.63, 3.8) is 0 Å². The minimum atomic E-state index is -1.02. The van der Waals surface area contributed by atoms with E-state index in [4.69, 9.17) is 4.74 Å². The van der Waals surface area contributed by atoms with Crippen LogP contribution in [0.4, 0.5) is 0 Å². The van der Waals surface area contributed by atoms with Gasteiger partial charge in [0.25, 0.3) is 0 Å². The van der Waals surface area contributed by atoms with Crippen molar-refractivity contribution in [2.24, 2.45) is 0 Å². The van der Waals surface area contributed by atoms with Gasteiger partial charge in [0.1, 0.15) is 18.1 Å². The molecule has 5 nitrogen and oxygen atoms in total. The summed E-state index contributed by atoms with van der Waals surface area (Å²) in [6.45, 7) is 6.48. The molecule has 0 spiro atoms. The van der Waals surface area contributed by atoms with E-state index in [1.54, 1.807) is 0 Å². The zero-order valence-electron chi connectivity index (χ0n) is 13.1. The van der Waals surface area contributed by atoms with Crippen molar-refractivity contribution >= 4 is 16.7 Å². The van der Waals surface area contributed by atoms with E-state index in [9.17, 15) is 9.00 Å². The number of piperazine rings is 1. The predicted molar refractivity (Wildman–Crippen MR) is 88.5 cm³/mol. The molecule has 1 fully saturated rings. The highest BCUT2D eigenvalue weighted by molar-refractivity contribution is 7.85. The number of ether oxygens (including phenoxy) is 1. The fourth-order valence-electron chi connectivity index (χ4n) is 2.36. The van der Waals surface area contributed by atoms with Gasteiger partial charge in [-0.15, -0.1) is 0 Å². The van der Waals surface area contributed by atoms with E-state index in [-0.39, 0.29) is 11.7 Å². The molecule has 122 valence electrons. The van der Waals surface area contributed by atoms with Gasteiger partial charge in [0.15, 0.2) is 0 Å². The standard InChI is InChI=1S/C16H24N2O3S/c1-2-22(20)14-16(19)18-10-8-17(9-11-18)12-13-21-15-6-4-3-5-7-15/h3-7H,2,8-14H2,1H3/t22-/m0/s1. The third-order valence-corrected chi connectivity index (χ3v) is 4.96. The molecular weight excluding hydrogens is 300 g/mol. The first-order chi connectivity index (χ1) is 10.7. The lowest BCUT2D eigenvalue weighted by atomic mass is 10.3. The van der Waals surface area contributed by atoms with Gasteiger partial charge < -0.3 is 9.64 Å². The highest BCUT2D eigenvalue weighted by Gasteiger charge is 2.21. The average Bonchev–Trinajstić information content (AvgIpc) is 2.56. The molecule has 0 aromatic heterocycles. The van der Waals surface area contributed by atoms with E-state index >= 15 is 0 Å². The van der Waals surface area contributed by atoms with Crippen molar-refractivity contribution in [2.45, 2.75) is 6.92 Å². The van der Waals surface area contributed by atoms with Crippen LogP contribution in [0.5, 0.6) is 5.75 Å². The molecule has 1 amide bonds. The van der Waals surface area contributed by atoms with Gasteiger partial charge in [-0.25, -0.2) is 0 Å². The number of nitrogens with zero attached hydrogens (tertiary/aromatic N) is 2. The molecule has 0 saturated carbocycles. The van der Waals surface area contributed by atoms with Crippen molar-refractivity contribution in [2.75, 3.05) is 50.8 Å².